The van der Waals surface area contributed by atoms with Crippen LogP contribution in [0.5, 0.6) is 0 Å². The predicted octanol–water partition coefficient (Wildman–Crippen LogP) is 1.36. The van der Waals surface area contributed by atoms with Crippen LogP contribution in [0, 0.1) is 0 Å². The number of ether oxygens (including phenoxy) is 1. The molecule has 1 heterocycles. The summed E-state index contributed by atoms with van der Waals surface area (Å²) in [5.41, 5.74) is 0. The Bertz CT molecular complexity index is 291. The second kappa shape index (κ2) is 7.34. The van der Waals surface area contributed by atoms with Crippen molar-refractivity contribution in [3.8, 4) is 0 Å². The van der Waals surface area contributed by atoms with Crippen molar-refractivity contribution in [2.75, 3.05) is 25.5 Å². The highest BCUT2D eigenvalue weighted by Crippen LogP contribution is 2.18. The number of sulfone groups is 1. The van der Waals surface area contributed by atoms with Gasteiger partial charge in [0.25, 0.3) is 0 Å². The van der Waals surface area contributed by atoms with E-state index in [1.54, 1.807) is 0 Å². The Labute approximate surface area is 105 Å². The second-order valence-corrected chi connectivity index (χ2v) is 7.01. The van der Waals surface area contributed by atoms with Gasteiger partial charge in [-0.05, 0) is 25.8 Å². The molecule has 17 heavy (non-hydrogen) atoms. The Morgan fingerprint density at radius 2 is 1.94 bits per heavy atom. The topological polar surface area (TPSA) is 55.4 Å². The van der Waals surface area contributed by atoms with E-state index < -0.39 is 9.84 Å². The first-order valence-corrected chi connectivity index (χ1v) is 8.34. The molecular formula is C12H25NO3S. The van der Waals surface area contributed by atoms with Crippen molar-refractivity contribution in [2.45, 2.75) is 50.8 Å². The van der Waals surface area contributed by atoms with Gasteiger partial charge in [-0.3, -0.25) is 0 Å². The lowest BCUT2D eigenvalue weighted by molar-refractivity contribution is 0.0983. The van der Waals surface area contributed by atoms with Crippen LogP contribution < -0.4 is 5.32 Å². The summed E-state index contributed by atoms with van der Waals surface area (Å²) >= 11 is 0. The smallest absolute Gasteiger partial charge is 0.154 e. The van der Waals surface area contributed by atoms with Gasteiger partial charge in [0.05, 0.1) is 11.0 Å². The summed E-state index contributed by atoms with van der Waals surface area (Å²) in [6, 6.07) is 0.109. The van der Waals surface area contributed by atoms with Gasteiger partial charge in [-0.25, -0.2) is 8.42 Å². The molecule has 0 spiro atoms. The Hall–Kier alpha value is -0.130. The van der Waals surface area contributed by atoms with Crippen LogP contribution in [0.2, 0.25) is 0 Å². The summed E-state index contributed by atoms with van der Waals surface area (Å²) in [6.45, 7) is 6.11. The van der Waals surface area contributed by atoms with Crippen molar-refractivity contribution < 1.29 is 13.2 Å². The summed E-state index contributed by atoms with van der Waals surface area (Å²) < 4.78 is 29.7. The molecule has 1 aliphatic rings. The van der Waals surface area contributed by atoms with Crippen LogP contribution in [-0.4, -0.2) is 45.2 Å². The standard InChI is InChI=1S/C12H25NO3S/c1-3-5-11(13-4-2)10-17(14,15)12-6-8-16-9-7-12/h11-13H,3-10H2,1-2H3. The molecule has 0 aromatic heterocycles. The lowest BCUT2D eigenvalue weighted by atomic mass is 10.2. The quantitative estimate of drug-likeness (QED) is 0.753. The lowest BCUT2D eigenvalue weighted by Crippen LogP contribution is -2.40. The van der Waals surface area contributed by atoms with Crippen LogP contribution in [0.1, 0.15) is 39.5 Å². The SMILES string of the molecule is CCCC(CS(=O)(=O)C1CCOCC1)NCC. The number of nitrogens with one attached hydrogen (secondary N) is 1. The summed E-state index contributed by atoms with van der Waals surface area (Å²) in [4.78, 5) is 0. The van der Waals surface area contributed by atoms with E-state index in [4.69, 9.17) is 4.74 Å². The van der Waals surface area contributed by atoms with E-state index in [0.717, 1.165) is 19.4 Å². The van der Waals surface area contributed by atoms with Gasteiger partial charge in [0.15, 0.2) is 9.84 Å². The van der Waals surface area contributed by atoms with Crippen LogP contribution in [0.25, 0.3) is 0 Å². The molecule has 0 aromatic rings. The van der Waals surface area contributed by atoms with Crippen molar-refractivity contribution >= 4 is 9.84 Å². The summed E-state index contributed by atoms with van der Waals surface area (Å²) in [6.07, 6.45) is 3.26. The first-order chi connectivity index (χ1) is 8.10. The van der Waals surface area contributed by atoms with Crippen LogP contribution in [-0.2, 0) is 14.6 Å². The molecule has 102 valence electrons. The van der Waals surface area contributed by atoms with Crippen molar-refractivity contribution in [3.63, 3.8) is 0 Å². The summed E-state index contributed by atoms with van der Waals surface area (Å²) in [5.74, 6) is 0.277. The molecule has 1 fully saturated rings. The molecule has 0 bridgehead atoms. The third kappa shape index (κ3) is 4.94. The molecule has 1 rings (SSSR count). The van der Waals surface area contributed by atoms with Gasteiger partial charge in [-0.2, -0.15) is 0 Å². The van der Waals surface area contributed by atoms with Crippen LogP contribution in [0.15, 0.2) is 0 Å². The maximum Gasteiger partial charge on any atom is 0.154 e. The van der Waals surface area contributed by atoms with Crippen molar-refractivity contribution in [1.29, 1.82) is 0 Å². The van der Waals surface area contributed by atoms with Gasteiger partial charge in [0.1, 0.15) is 0 Å². The number of hydrogen-bond donors (Lipinski definition) is 1. The minimum atomic E-state index is -2.97. The average Bonchev–Trinajstić information content (AvgIpc) is 2.30. The van der Waals surface area contributed by atoms with E-state index in [-0.39, 0.29) is 17.0 Å². The maximum absolute atomic E-state index is 12.3. The first-order valence-electron chi connectivity index (χ1n) is 6.62. The van der Waals surface area contributed by atoms with Gasteiger partial charge in [0.2, 0.25) is 0 Å². The monoisotopic (exact) mass is 263 g/mol. The predicted molar refractivity (Wildman–Crippen MR) is 70.0 cm³/mol. The third-order valence-corrected chi connectivity index (χ3v) is 5.59. The maximum atomic E-state index is 12.3. The molecular weight excluding hydrogens is 238 g/mol. The Morgan fingerprint density at radius 3 is 2.47 bits per heavy atom. The normalized spacial score (nSPS) is 20.4. The molecule has 0 amide bonds. The highest BCUT2D eigenvalue weighted by atomic mass is 32.2. The fourth-order valence-corrected chi connectivity index (χ4v) is 4.36. The van der Waals surface area contributed by atoms with Crippen molar-refractivity contribution in [3.05, 3.63) is 0 Å². The van der Waals surface area contributed by atoms with E-state index in [1.807, 2.05) is 6.92 Å². The molecule has 1 N–H and O–H groups in total. The highest BCUT2D eigenvalue weighted by molar-refractivity contribution is 7.92. The Balaban J connectivity index is 2.55. The molecule has 5 heteroatoms. The number of rotatable bonds is 7. The van der Waals surface area contributed by atoms with E-state index in [9.17, 15) is 8.42 Å². The molecule has 0 saturated carbocycles. The molecule has 1 unspecified atom stereocenters. The zero-order valence-electron chi connectivity index (χ0n) is 10.9. The lowest BCUT2D eigenvalue weighted by Gasteiger charge is -2.25. The van der Waals surface area contributed by atoms with Gasteiger partial charge in [0, 0.05) is 19.3 Å². The molecule has 1 aliphatic heterocycles. The summed E-state index contributed by atoms with van der Waals surface area (Å²) in [5, 5.41) is 3.08. The van der Waals surface area contributed by atoms with E-state index in [0.29, 0.717) is 26.1 Å². The fourth-order valence-electron chi connectivity index (χ4n) is 2.33. The second-order valence-electron chi connectivity index (χ2n) is 4.68. The molecule has 1 atom stereocenters. The zero-order chi connectivity index (χ0) is 12.7. The zero-order valence-corrected chi connectivity index (χ0v) is 11.8. The highest BCUT2D eigenvalue weighted by Gasteiger charge is 2.29. The molecule has 0 aromatic carbocycles. The fraction of sp³-hybridized carbons (Fsp3) is 1.00. The van der Waals surface area contributed by atoms with Crippen molar-refractivity contribution in [1.82, 2.24) is 5.32 Å². The number of hydrogen-bond acceptors (Lipinski definition) is 4. The van der Waals surface area contributed by atoms with E-state index in [1.165, 1.54) is 0 Å². The third-order valence-electron chi connectivity index (χ3n) is 3.24. The molecule has 0 radical (unpaired) electrons. The minimum absolute atomic E-state index is 0.109. The Morgan fingerprint density at radius 1 is 1.29 bits per heavy atom. The van der Waals surface area contributed by atoms with Gasteiger partial charge < -0.3 is 10.1 Å². The van der Waals surface area contributed by atoms with E-state index >= 15 is 0 Å². The Kier molecular flexibility index (Phi) is 6.44. The van der Waals surface area contributed by atoms with Crippen LogP contribution in [0.3, 0.4) is 0 Å². The van der Waals surface area contributed by atoms with Crippen molar-refractivity contribution in [2.24, 2.45) is 0 Å². The van der Waals surface area contributed by atoms with E-state index in [2.05, 4.69) is 12.2 Å². The molecule has 0 aliphatic carbocycles. The largest absolute Gasteiger partial charge is 0.381 e. The van der Waals surface area contributed by atoms with Gasteiger partial charge >= 0.3 is 0 Å². The van der Waals surface area contributed by atoms with Crippen LogP contribution in [0.4, 0.5) is 0 Å². The minimum Gasteiger partial charge on any atom is -0.381 e. The van der Waals surface area contributed by atoms with Gasteiger partial charge in [-0.1, -0.05) is 20.3 Å². The van der Waals surface area contributed by atoms with Gasteiger partial charge in [-0.15, -0.1) is 0 Å². The average molecular weight is 263 g/mol. The van der Waals surface area contributed by atoms with Crippen LogP contribution >= 0.6 is 0 Å². The first kappa shape index (κ1) is 14.9. The molecule has 4 nitrogen and oxygen atoms in total. The molecule has 1 saturated heterocycles. The summed E-state index contributed by atoms with van der Waals surface area (Å²) in [7, 11) is -2.97.